The van der Waals surface area contributed by atoms with Gasteiger partial charge in [-0.1, -0.05) is 0 Å². The molecule has 0 amide bonds. The number of nitrogen functional groups attached to an aromatic ring is 1. The van der Waals surface area contributed by atoms with Gasteiger partial charge in [-0.2, -0.15) is 5.10 Å². The molecular formula is C13H14N4O. The van der Waals surface area contributed by atoms with Crippen LogP contribution in [0, 0.1) is 5.41 Å². The van der Waals surface area contributed by atoms with Crippen LogP contribution < -0.4 is 11.2 Å². The first-order valence-electron chi connectivity index (χ1n) is 5.41. The van der Waals surface area contributed by atoms with E-state index in [1.807, 2.05) is 12.1 Å². The molecule has 2 rings (SSSR count). The highest BCUT2D eigenvalue weighted by molar-refractivity contribution is 6.50. The highest BCUT2D eigenvalue weighted by Crippen LogP contribution is 2.11. The summed E-state index contributed by atoms with van der Waals surface area (Å²) in [4.78, 5) is 0. The topological polar surface area (TPSA) is 83.5 Å². The standard InChI is InChI=1S/C13H14N4O/c1-18-11-6-7-12(15)13(8-11)17-16-10-4-2-9(14)3-5-10/h2-8,15-16H,14H2,1H3/b15-12?,17-13-. The molecule has 0 unspecified atom stereocenters. The molecule has 0 heterocycles. The molecule has 1 aromatic rings. The minimum atomic E-state index is 0.332. The lowest BCUT2D eigenvalue weighted by Gasteiger charge is -2.09. The van der Waals surface area contributed by atoms with Crippen LogP contribution in [0.25, 0.3) is 0 Å². The van der Waals surface area contributed by atoms with E-state index in [-0.39, 0.29) is 0 Å². The van der Waals surface area contributed by atoms with Gasteiger partial charge in [0.05, 0.1) is 18.5 Å². The van der Waals surface area contributed by atoms with Crippen LogP contribution in [0.1, 0.15) is 0 Å². The highest BCUT2D eigenvalue weighted by atomic mass is 16.5. The monoisotopic (exact) mass is 242 g/mol. The largest absolute Gasteiger partial charge is 0.497 e. The van der Waals surface area contributed by atoms with E-state index < -0.39 is 0 Å². The van der Waals surface area contributed by atoms with Crippen LogP contribution in [0.15, 0.2) is 53.4 Å². The van der Waals surface area contributed by atoms with Gasteiger partial charge < -0.3 is 10.5 Å². The van der Waals surface area contributed by atoms with E-state index in [2.05, 4.69) is 10.5 Å². The van der Waals surface area contributed by atoms with Crippen molar-refractivity contribution in [3.05, 3.63) is 48.3 Å². The van der Waals surface area contributed by atoms with E-state index in [4.69, 9.17) is 15.9 Å². The van der Waals surface area contributed by atoms with Gasteiger partial charge in [0.25, 0.3) is 0 Å². The summed E-state index contributed by atoms with van der Waals surface area (Å²) >= 11 is 0. The summed E-state index contributed by atoms with van der Waals surface area (Å²) in [5.41, 5.74) is 10.8. The molecule has 0 saturated carbocycles. The number of ether oxygens (including phenoxy) is 1. The lowest BCUT2D eigenvalue weighted by atomic mass is 10.1. The third kappa shape index (κ3) is 2.76. The van der Waals surface area contributed by atoms with Crippen molar-refractivity contribution in [3.63, 3.8) is 0 Å². The Labute approximate surface area is 105 Å². The van der Waals surface area contributed by atoms with Gasteiger partial charge in [0.15, 0.2) is 0 Å². The van der Waals surface area contributed by atoms with Gasteiger partial charge >= 0.3 is 0 Å². The Kier molecular flexibility index (Phi) is 3.43. The zero-order chi connectivity index (χ0) is 13.0. The molecule has 0 aromatic heterocycles. The van der Waals surface area contributed by atoms with Crippen molar-refractivity contribution in [2.24, 2.45) is 5.10 Å². The molecule has 1 aromatic carbocycles. The number of methoxy groups -OCH3 is 1. The number of nitrogens with one attached hydrogen (secondary N) is 2. The van der Waals surface area contributed by atoms with Crippen LogP contribution in [0.3, 0.4) is 0 Å². The Morgan fingerprint density at radius 2 is 1.94 bits per heavy atom. The fraction of sp³-hybridized carbons (Fsp3) is 0.0769. The molecule has 0 saturated heterocycles. The maximum absolute atomic E-state index is 7.73. The third-order valence-electron chi connectivity index (χ3n) is 2.42. The van der Waals surface area contributed by atoms with Gasteiger partial charge in [0, 0.05) is 11.8 Å². The van der Waals surface area contributed by atoms with Crippen molar-refractivity contribution in [1.82, 2.24) is 0 Å². The zero-order valence-corrected chi connectivity index (χ0v) is 9.97. The molecule has 92 valence electrons. The number of rotatable bonds is 3. The van der Waals surface area contributed by atoms with E-state index in [0.29, 0.717) is 22.9 Å². The van der Waals surface area contributed by atoms with Crippen molar-refractivity contribution in [3.8, 4) is 0 Å². The first-order chi connectivity index (χ1) is 8.69. The van der Waals surface area contributed by atoms with Gasteiger partial charge in [0.2, 0.25) is 0 Å². The minimum Gasteiger partial charge on any atom is -0.497 e. The Morgan fingerprint density at radius 1 is 1.22 bits per heavy atom. The number of allylic oxidation sites excluding steroid dienone is 3. The number of anilines is 2. The summed E-state index contributed by atoms with van der Waals surface area (Å²) in [7, 11) is 1.58. The molecular weight excluding hydrogens is 228 g/mol. The Bertz CT molecular complexity index is 541. The van der Waals surface area contributed by atoms with E-state index in [0.717, 1.165) is 5.69 Å². The van der Waals surface area contributed by atoms with Crippen LogP contribution in [-0.2, 0) is 4.74 Å². The molecule has 18 heavy (non-hydrogen) atoms. The molecule has 0 bridgehead atoms. The predicted octanol–water partition coefficient (Wildman–Crippen LogP) is 2.16. The maximum atomic E-state index is 7.73. The normalized spacial score (nSPS) is 16.6. The number of hydrogen-bond donors (Lipinski definition) is 3. The second-order valence-electron chi connectivity index (χ2n) is 3.73. The molecule has 1 aliphatic rings. The molecule has 4 N–H and O–H groups in total. The molecule has 5 heteroatoms. The maximum Gasteiger partial charge on any atom is 0.121 e. The van der Waals surface area contributed by atoms with E-state index in [9.17, 15) is 0 Å². The number of hydrazone groups is 1. The molecule has 0 atom stereocenters. The fourth-order valence-corrected chi connectivity index (χ4v) is 1.41. The molecule has 0 fully saturated rings. The summed E-state index contributed by atoms with van der Waals surface area (Å²) in [6.07, 6.45) is 5.07. The van der Waals surface area contributed by atoms with E-state index >= 15 is 0 Å². The highest BCUT2D eigenvalue weighted by Gasteiger charge is 2.08. The fourth-order valence-electron chi connectivity index (χ4n) is 1.41. The Hall–Kier alpha value is -2.56. The molecule has 5 nitrogen and oxygen atoms in total. The average molecular weight is 242 g/mol. The average Bonchev–Trinajstić information content (AvgIpc) is 2.40. The van der Waals surface area contributed by atoms with Gasteiger partial charge in [0.1, 0.15) is 11.5 Å². The van der Waals surface area contributed by atoms with Crippen LogP contribution in [0.2, 0.25) is 0 Å². The molecule has 0 spiro atoms. The smallest absolute Gasteiger partial charge is 0.121 e. The quantitative estimate of drug-likeness (QED) is 0.431. The second kappa shape index (κ2) is 5.18. The Balaban J connectivity index is 2.13. The molecule has 0 radical (unpaired) electrons. The van der Waals surface area contributed by atoms with Gasteiger partial charge in [-0.05, 0) is 36.4 Å². The van der Waals surface area contributed by atoms with Gasteiger partial charge in [-0.3, -0.25) is 10.8 Å². The van der Waals surface area contributed by atoms with Crippen LogP contribution in [-0.4, -0.2) is 18.5 Å². The van der Waals surface area contributed by atoms with E-state index in [1.165, 1.54) is 0 Å². The number of nitrogens with zero attached hydrogens (tertiary/aromatic N) is 1. The van der Waals surface area contributed by atoms with E-state index in [1.54, 1.807) is 37.5 Å². The van der Waals surface area contributed by atoms with Gasteiger partial charge in [-0.15, -0.1) is 0 Å². The van der Waals surface area contributed by atoms with Crippen molar-refractivity contribution >= 4 is 22.8 Å². The summed E-state index contributed by atoms with van der Waals surface area (Å²) < 4.78 is 5.09. The first-order valence-corrected chi connectivity index (χ1v) is 5.41. The number of benzene rings is 1. The third-order valence-corrected chi connectivity index (χ3v) is 2.42. The van der Waals surface area contributed by atoms with Crippen molar-refractivity contribution in [2.45, 2.75) is 0 Å². The lowest BCUT2D eigenvalue weighted by Crippen LogP contribution is -2.14. The number of hydrogen-bond acceptors (Lipinski definition) is 5. The van der Waals surface area contributed by atoms with Crippen LogP contribution in [0.5, 0.6) is 0 Å². The summed E-state index contributed by atoms with van der Waals surface area (Å²) in [6, 6.07) is 7.21. The van der Waals surface area contributed by atoms with Crippen molar-refractivity contribution in [2.75, 3.05) is 18.3 Å². The lowest BCUT2D eigenvalue weighted by molar-refractivity contribution is 0.307. The summed E-state index contributed by atoms with van der Waals surface area (Å²) in [6.45, 7) is 0. The summed E-state index contributed by atoms with van der Waals surface area (Å²) in [5, 5.41) is 11.9. The predicted molar refractivity (Wildman–Crippen MR) is 73.9 cm³/mol. The molecule has 0 aliphatic heterocycles. The molecule has 1 aliphatic carbocycles. The van der Waals surface area contributed by atoms with Crippen LogP contribution >= 0.6 is 0 Å². The summed E-state index contributed by atoms with van der Waals surface area (Å²) in [5.74, 6) is 0.670. The van der Waals surface area contributed by atoms with Crippen LogP contribution in [0.4, 0.5) is 11.4 Å². The zero-order valence-electron chi connectivity index (χ0n) is 9.97. The first kappa shape index (κ1) is 11.9. The second-order valence-corrected chi connectivity index (χ2v) is 3.73. The van der Waals surface area contributed by atoms with Gasteiger partial charge in [-0.25, -0.2) is 0 Å². The minimum absolute atomic E-state index is 0.332. The Morgan fingerprint density at radius 3 is 2.61 bits per heavy atom. The van der Waals surface area contributed by atoms with Crippen molar-refractivity contribution < 1.29 is 4.74 Å². The SMILES string of the molecule is COC1=C/C(=N/Nc2ccc(N)cc2)C(=N)C=C1. The number of nitrogens with two attached hydrogens (primary N) is 1. The van der Waals surface area contributed by atoms with Crippen molar-refractivity contribution in [1.29, 1.82) is 5.41 Å².